The van der Waals surface area contributed by atoms with Crippen molar-refractivity contribution in [1.29, 1.82) is 0 Å². The predicted molar refractivity (Wildman–Crippen MR) is 105 cm³/mol. The molecule has 5 nitrogen and oxygen atoms in total. The van der Waals surface area contributed by atoms with Crippen LogP contribution in [0.4, 0.5) is 21.5 Å². The molecule has 1 N–H and O–H groups in total. The first kappa shape index (κ1) is 18.9. The molecule has 0 aromatic heterocycles. The molecule has 1 saturated heterocycles. The number of hydrogen-bond acceptors (Lipinski definition) is 3. The summed E-state index contributed by atoms with van der Waals surface area (Å²) in [7, 11) is 0. The van der Waals surface area contributed by atoms with E-state index in [0.717, 1.165) is 18.8 Å². The number of anilines is 3. The first-order valence-electron chi connectivity index (χ1n) is 9.23. The number of halogens is 1. The van der Waals surface area contributed by atoms with E-state index >= 15 is 0 Å². The smallest absolute Gasteiger partial charge is 0.229 e. The molecule has 1 atom stereocenters. The van der Waals surface area contributed by atoms with Gasteiger partial charge in [-0.1, -0.05) is 0 Å². The Bertz CT molecular complexity index is 801. The van der Waals surface area contributed by atoms with Crippen LogP contribution < -0.4 is 15.1 Å². The molecular formula is C21H24FN3O2. The van der Waals surface area contributed by atoms with Gasteiger partial charge in [-0.25, -0.2) is 4.39 Å². The van der Waals surface area contributed by atoms with E-state index in [1.54, 1.807) is 12.1 Å². The zero-order valence-electron chi connectivity index (χ0n) is 15.6. The molecule has 0 aliphatic carbocycles. The molecule has 1 aliphatic rings. The van der Waals surface area contributed by atoms with Crippen molar-refractivity contribution in [1.82, 2.24) is 0 Å². The fourth-order valence-corrected chi connectivity index (χ4v) is 3.34. The Hall–Kier alpha value is -2.89. The van der Waals surface area contributed by atoms with Crippen molar-refractivity contribution in [3.05, 3.63) is 54.3 Å². The molecule has 1 aliphatic heterocycles. The summed E-state index contributed by atoms with van der Waals surface area (Å²) >= 11 is 0. The van der Waals surface area contributed by atoms with Crippen molar-refractivity contribution in [2.24, 2.45) is 5.92 Å². The zero-order valence-corrected chi connectivity index (χ0v) is 15.6. The van der Waals surface area contributed by atoms with Gasteiger partial charge in [-0.15, -0.1) is 0 Å². The molecular weight excluding hydrogens is 345 g/mol. The predicted octanol–water partition coefficient (Wildman–Crippen LogP) is 3.66. The van der Waals surface area contributed by atoms with Crippen molar-refractivity contribution in [2.75, 3.05) is 34.8 Å². The van der Waals surface area contributed by atoms with Crippen LogP contribution >= 0.6 is 0 Å². The molecule has 3 rings (SSSR count). The molecule has 2 aromatic rings. The van der Waals surface area contributed by atoms with Gasteiger partial charge < -0.3 is 15.1 Å². The maximum Gasteiger partial charge on any atom is 0.229 e. The summed E-state index contributed by atoms with van der Waals surface area (Å²) in [6.45, 7) is 6.34. The Kier molecular flexibility index (Phi) is 5.74. The molecule has 1 heterocycles. The fraction of sp³-hybridized carbons (Fsp3) is 0.333. The van der Waals surface area contributed by atoms with Crippen LogP contribution in [0.2, 0.25) is 0 Å². The van der Waals surface area contributed by atoms with E-state index in [0.29, 0.717) is 17.9 Å². The van der Waals surface area contributed by atoms with Crippen molar-refractivity contribution in [3.63, 3.8) is 0 Å². The summed E-state index contributed by atoms with van der Waals surface area (Å²) in [4.78, 5) is 28.6. The quantitative estimate of drug-likeness (QED) is 0.845. The van der Waals surface area contributed by atoms with Crippen LogP contribution in [0.25, 0.3) is 0 Å². The Morgan fingerprint density at radius 1 is 1.11 bits per heavy atom. The monoisotopic (exact) mass is 369 g/mol. The number of nitrogens with zero attached hydrogens (tertiary/aromatic N) is 2. The van der Waals surface area contributed by atoms with Crippen LogP contribution in [-0.2, 0) is 9.59 Å². The van der Waals surface area contributed by atoms with Gasteiger partial charge in [-0.2, -0.15) is 0 Å². The first-order chi connectivity index (χ1) is 13.0. The summed E-state index contributed by atoms with van der Waals surface area (Å²) < 4.78 is 13.1. The van der Waals surface area contributed by atoms with E-state index in [1.165, 1.54) is 17.0 Å². The maximum atomic E-state index is 13.1. The van der Waals surface area contributed by atoms with Crippen LogP contribution in [0, 0.1) is 11.7 Å². The summed E-state index contributed by atoms with van der Waals surface area (Å²) in [6.07, 6.45) is 0.154. The van der Waals surface area contributed by atoms with E-state index in [2.05, 4.69) is 24.1 Å². The highest BCUT2D eigenvalue weighted by Gasteiger charge is 2.35. The third-order valence-corrected chi connectivity index (χ3v) is 4.90. The first-order valence-corrected chi connectivity index (χ1v) is 9.23. The normalized spacial score (nSPS) is 16.5. The third kappa shape index (κ3) is 4.27. The van der Waals surface area contributed by atoms with Crippen LogP contribution in [0.15, 0.2) is 48.5 Å². The lowest BCUT2D eigenvalue weighted by atomic mass is 10.1. The van der Waals surface area contributed by atoms with Crippen molar-refractivity contribution in [2.45, 2.75) is 20.3 Å². The number of nitrogens with one attached hydrogen (secondary N) is 1. The fourth-order valence-electron chi connectivity index (χ4n) is 3.34. The minimum Gasteiger partial charge on any atom is -0.372 e. The van der Waals surface area contributed by atoms with Crippen LogP contribution in [0.3, 0.4) is 0 Å². The van der Waals surface area contributed by atoms with E-state index in [1.807, 2.05) is 24.3 Å². The second-order valence-electron chi connectivity index (χ2n) is 6.59. The minimum atomic E-state index is -0.426. The standard InChI is InChI=1S/C21H24FN3O2/c1-3-24(4-2)18-11-7-17(8-12-18)23-21(27)15-13-20(26)25(14-15)19-9-5-16(22)6-10-19/h5-12,15H,3-4,13-14H2,1-2H3,(H,23,27). The molecule has 1 fully saturated rings. The lowest BCUT2D eigenvalue weighted by Crippen LogP contribution is -2.28. The molecule has 6 heteroatoms. The lowest BCUT2D eigenvalue weighted by Gasteiger charge is -2.21. The van der Waals surface area contributed by atoms with Gasteiger partial charge >= 0.3 is 0 Å². The number of benzene rings is 2. The average molecular weight is 369 g/mol. The topological polar surface area (TPSA) is 52.7 Å². The lowest BCUT2D eigenvalue weighted by molar-refractivity contribution is -0.122. The largest absolute Gasteiger partial charge is 0.372 e. The number of amides is 2. The van der Waals surface area contributed by atoms with Gasteiger partial charge in [0.1, 0.15) is 5.82 Å². The highest BCUT2D eigenvalue weighted by Crippen LogP contribution is 2.26. The molecule has 0 spiro atoms. The Labute approximate surface area is 158 Å². The van der Waals surface area contributed by atoms with E-state index in [-0.39, 0.29) is 24.1 Å². The summed E-state index contributed by atoms with van der Waals surface area (Å²) in [6, 6.07) is 13.4. The SMILES string of the molecule is CCN(CC)c1ccc(NC(=O)C2CC(=O)N(c3ccc(F)cc3)C2)cc1. The number of carbonyl (C=O) groups is 2. The Balaban J connectivity index is 1.63. The zero-order chi connectivity index (χ0) is 19.4. The molecule has 0 bridgehead atoms. The molecule has 0 saturated carbocycles. The Morgan fingerprint density at radius 2 is 1.74 bits per heavy atom. The molecule has 2 amide bonds. The maximum absolute atomic E-state index is 13.1. The average Bonchev–Trinajstić information content (AvgIpc) is 3.06. The van der Waals surface area contributed by atoms with Crippen LogP contribution in [0.1, 0.15) is 20.3 Å². The van der Waals surface area contributed by atoms with Gasteiger partial charge in [-0.3, -0.25) is 9.59 Å². The molecule has 142 valence electrons. The van der Waals surface area contributed by atoms with Crippen LogP contribution in [-0.4, -0.2) is 31.4 Å². The minimum absolute atomic E-state index is 0.126. The van der Waals surface area contributed by atoms with Gasteiger partial charge in [-0.05, 0) is 62.4 Å². The molecule has 0 radical (unpaired) electrons. The third-order valence-electron chi connectivity index (χ3n) is 4.90. The van der Waals surface area contributed by atoms with Gasteiger partial charge in [0.05, 0.1) is 5.92 Å². The number of hydrogen-bond donors (Lipinski definition) is 1. The summed E-state index contributed by atoms with van der Waals surface area (Å²) in [5.41, 5.74) is 2.43. The summed E-state index contributed by atoms with van der Waals surface area (Å²) in [5, 5.41) is 2.89. The van der Waals surface area contributed by atoms with Gasteiger partial charge in [0.2, 0.25) is 11.8 Å². The summed E-state index contributed by atoms with van der Waals surface area (Å²) in [5.74, 6) is -1.08. The van der Waals surface area contributed by atoms with Crippen LogP contribution in [0.5, 0.6) is 0 Å². The van der Waals surface area contributed by atoms with Crippen molar-refractivity contribution >= 4 is 28.9 Å². The second kappa shape index (κ2) is 8.20. The van der Waals surface area contributed by atoms with Gasteiger partial charge in [0.25, 0.3) is 0 Å². The van der Waals surface area contributed by atoms with E-state index in [4.69, 9.17) is 0 Å². The Morgan fingerprint density at radius 3 is 2.33 bits per heavy atom. The number of carbonyl (C=O) groups excluding carboxylic acids is 2. The van der Waals surface area contributed by atoms with Gasteiger partial charge in [0, 0.05) is 43.1 Å². The second-order valence-corrected chi connectivity index (χ2v) is 6.59. The molecule has 1 unspecified atom stereocenters. The van der Waals surface area contributed by atoms with Crippen molar-refractivity contribution < 1.29 is 14.0 Å². The van der Waals surface area contributed by atoms with Gasteiger partial charge in [0.15, 0.2) is 0 Å². The highest BCUT2D eigenvalue weighted by molar-refractivity contribution is 6.03. The molecule has 27 heavy (non-hydrogen) atoms. The molecule has 2 aromatic carbocycles. The van der Waals surface area contributed by atoms with E-state index in [9.17, 15) is 14.0 Å². The van der Waals surface area contributed by atoms with E-state index < -0.39 is 5.92 Å². The highest BCUT2D eigenvalue weighted by atomic mass is 19.1. The number of rotatable bonds is 6. The van der Waals surface area contributed by atoms with Crippen molar-refractivity contribution in [3.8, 4) is 0 Å².